The monoisotopic (exact) mass is 315 g/mol. The van der Waals surface area contributed by atoms with E-state index in [-0.39, 0.29) is 10.6 Å². The smallest absolute Gasteiger partial charge is 0.341 e. The third-order valence-electron chi connectivity index (χ3n) is 3.05. The fourth-order valence-corrected chi connectivity index (χ4v) is 2.84. The molecular formula is C13H15F2N3O2S. The van der Waals surface area contributed by atoms with E-state index in [4.69, 9.17) is 0 Å². The van der Waals surface area contributed by atoms with Gasteiger partial charge in [0.2, 0.25) is 9.84 Å². The number of para-hydroxylation sites is 1. The lowest BCUT2D eigenvalue weighted by atomic mass is 10.3. The molecule has 0 saturated heterocycles. The first-order valence-electron chi connectivity index (χ1n) is 6.25. The molecule has 1 aromatic carbocycles. The van der Waals surface area contributed by atoms with Gasteiger partial charge in [-0.1, -0.05) is 12.1 Å². The van der Waals surface area contributed by atoms with Crippen LogP contribution in [-0.4, -0.2) is 30.5 Å². The first kappa shape index (κ1) is 15.4. The summed E-state index contributed by atoms with van der Waals surface area (Å²) in [6, 6.07) is 7.49. The van der Waals surface area contributed by atoms with E-state index >= 15 is 0 Å². The first-order chi connectivity index (χ1) is 9.93. The van der Waals surface area contributed by atoms with Gasteiger partial charge in [-0.05, 0) is 18.2 Å². The Labute approximate surface area is 121 Å². The molecule has 0 spiro atoms. The molecule has 0 aliphatic carbocycles. The van der Waals surface area contributed by atoms with Crippen LogP contribution in [0.1, 0.15) is 5.69 Å². The quantitative estimate of drug-likeness (QED) is 0.886. The lowest BCUT2D eigenvalue weighted by Gasteiger charge is -2.12. The maximum Gasteiger partial charge on any atom is 0.341 e. The van der Waals surface area contributed by atoms with E-state index in [1.165, 1.54) is 18.2 Å². The highest BCUT2D eigenvalue weighted by molar-refractivity contribution is 7.91. The van der Waals surface area contributed by atoms with Crippen LogP contribution in [0.5, 0.6) is 0 Å². The molecule has 1 heterocycles. The number of nitrogens with one attached hydrogen (secondary N) is 1. The van der Waals surface area contributed by atoms with Crippen LogP contribution in [0.15, 0.2) is 41.4 Å². The van der Waals surface area contributed by atoms with Gasteiger partial charge in [0.1, 0.15) is 0 Å². The number of sulfone groups is 1. The van der Waals surface area contributed by atoms with Crippen molar-refractivity contribution < 1.29 is 17.2 Å². The molecule has 21 heavy (non-hydrogen) atoms. The lowest BCUT2D eigenvalue weighted by molar-refractivity contribution is 0.235. The van der Waals surface area contributed by atoms with Crippen molar-refractivity contribution in [3.05, 3.63) is 42.2 Å². The minimum Gasteiger partial charge on any atom is -0.384 e. The molecule has 0 radical (unpaired) electrons. The summed E-state index contributed by atoms with van der Waals surface area (Å²) in [5, 5.41) is 6.90. The van der Waals surface area contributed by atoms with E-state index in [1.807, 2.05) is 6.07 Å². The Morgan fingerprint density at radius 1 is 1.29 bits per heavy atom. The summed E-state index contributed by atoms with van der Waals surface area (Å²) in [5.74, 6) is -3.43. The molecule has 0 bridgehead atoms. The first-order valence-corrected chi connectivity index (χ1v) is 7.79. The highest BCUT2D eigenvalue weighted by atomic mass is 32.2. The van der Waals surface area contributed by atoms with Crippen molar-refractivity contribution in [2.24, 2.45) is 7.05 Å². The molecule has 0 aliphatic heterocycles. The van der Waals surface area contributed by atoms with E-state index in [0.717, 1.165) is 5.69 Å². The minimum absolute atomic E-state index is 0.181. The molecule has 1 N–H and O–H groups in total. The summed E-state index contributed by atoms with van der Waals surface area (Å²) >= 11 is 0. The Hall–Kier alpha value is -1.96. The van der Waals surface area contributed by atoms with Crippen molar-refractivity contribution in [3.8, 4) is 0 Å². The number of hydrogen-bond donors (Lipinski definition) is 1. The maximum absolute atomic E-state index is 12.6. The van der Waals surface area contributed by atoms with Gasteiger partial charge in [0.15, 0.2) is 0 Å². The molecule has 0 amide bonds. The molecule has 1 aromatic heterocycles. The molecule has 0 saturated carbocycles. The van der Waals surface area contributed by atoms with Crippen LogP contribution in [0, 0.1) is 0 Å². The summed E-state index contributed by atoms with van der Waals surface area (Å²) in [4.78, 5) is -0.384. The van der Waals surface area contributed by atoms with Crippen molar-refractivity contribution in [1.82, 2.24) is 9.78 Å². The highest BCUT2D eigenvalue weighted by Crippen LogP contribution is 2.25. The predicted molar refractivity (Wildman–Crippen MR) is 75.0 cm³/mol. The maximum atomic E-state index is 12.6. The van der Waals surface area contributed by atoms with Crippen LogP contribution >= 0.6 is 0 Å². The summed E-state index contributed by atoms with van der Waals surface area (Å²) in [5.41, 5.74) is 1.14. The largest absolute Gasteiger partial charge is 0.384 e. The van der Waals surface area contributed by atoms with Gasteiger partial charge in [0.25, 0.3) is 0 Å². The van der Waals surface area contributed by atoms with Gasteiger partial charge >= 0.3 is 5.76 Å². The number of benzene rings is 1. The average molecular weight is 315 g/mol. The molecule has 0 aliphatic rings. The van der Waals surface area contributed by atoms with Gasteiger partial charge in [0, 0.05) is 31.9 Å². The SMILES string of the molecule is Cn1nccc1CCNc1ccccc1S(=O)(=O)C(F)F. The fourth-order valence-electron chi connectivity index (χ4n) is 1.93. The van der Waals surface area contributed by atoms with E-state index in [1.54, 1.807) is 24.0 Å². The number of aromatic nitrogens is 2. The third-order valence-corrected chi connectivity index (χ3v) is 4.49. The van der Waals surface area contributed by atoms with Crippen molar-refractivity contribution in [2.75, 3.05) is 11.9 Å². The molecule has 2 rings (SSSR count). The summed E-state index contributed by atoms with van der Waals surface area (Å²) < 4.78 is 50.2. The summed E-state index contributed by atoms with van der Waals surface area (Å²) in [6.45, 7) is 0.412. The Morgan fingerprint density at radius 3 is 2.62 bits per heavy atom. The van der Waals surface area contributed by atoms with Crippen LogP contribution in [0.25, 0.3) is 0 Å². The topological polar surface area (TPSA) is 64.0 Å². The Bertz CT molecular complexity index is 714. The van der Waals surface area contributed by atoms with Crippen LogP contribution in [0.3, 0.4) is 0 Å². The van der Waals surface area contributed by atoms with Crippen LogP contribution in [0.2, 0.25) is 0 Å². The van der Waals surface area contributed by atoms with E-state index in [2.05, 4.69) is 10.4 Å². The van der Waals surface area contributed by atoms with Gasteiger partial charge in [-0.3, -0.25) is 4.68 Å². The summed E-state index contributed by atoms with van der Waals surface area (Å²) in [7, 11) is -2.82. The highest BCUT2D eigenvalue weighted by Gasteiger charge is 2.28. The number of anilines is 1. The second-order valence-corrected chi connectivity index (χ2v) is 6.31. The van der Waals surface area contributed by atoms with Crippen molar-refractivity contribution in [2.45, 2.75) is 17.1 Å². The lowest BCUT2D eigenvalue weighted by Crippen LogP contribution is -2.15. The number of alkyl halides is 2. The molecule has 0 atom stereocenters. The van der Waals surface area contributed by atoms with E-state index in [0.29, 0.717) is 13.0 Å². The summed E-state index contributed by atoms with van der Waals surface area (Å²) in [6.07, 6.45) is 2.25. The fraction of sp³-hybridized carbons (Fsp3) is 0.308. The number of nitrogens with zero attached hydrogens (tertiary/aromatic N) is 2. The average Bonchev–Trinajstić information content (AvgIpc) is 2.85. The molecule has 8 heteroatoms. The minimum atomic E-state index is -4.61. The van der Waals surface area contributed by atoms with Gasteiger partial charge in [-0.15, -0.1) is 0 Å². The predicted octanol–water partition coefficient (Wildman–Crippen LogP) is 2.07. The molecule has 2 aromatic rings. The van der Waals surface area contributed by atoms with Crippen LogP contribution in [-0.2, 0) is 23.3 Å². The van der Waals surface area contributed by atoms with Crippen molar-refractivity contribution in [3.63, 3.8) is 0 Å². The zero-order valence-corrected chi connectivity index (χ0v) is 12.1. The number of hydrogen-bond acceptors (Lipinski definition) is 4. The molecule has 114 valence electrons. The zero-order valence-electron chi connectivity index (χ0n) is 11.3. The second kappa shape index (κ2) is 6.21. The Balaban J connectivity index is 2.13. The second-order valence-electron chi connectivity index (χ2n) is 4.42. The molecular weight excluding hydrogens is 300 g/mol. The standard InChI is InChI=1S/C13H15F2N3O2S/c1-18-10(7-9-17-18)6-8-16-11-4-2-3-5-12(11)21(19,20)13(14)15/h2-5,7,9,13,16H,6,8H2,1H3. The van der Waals surface area contributed by atoms with Gasteiger partial charge in [-0.25, -0.2) is 8.42 Å². The third kappa shape index (κ3) is 3.38. The van der Waals surface area contributed by atoms with E-state index < -0.39 is 15.6 Å². The van der Waals surface area contributed by atoms with E-state index in [9.17, 15) is 17.2 Å². The van der Waals surface area contributed by atoms with Crippen LogP contribution in [0.4, 0.5) is 14.5 Å². The normalized spacial score (nSPS) is 11.8. The zero-order chi connectivity index (χ0) is 15.5. The Kier molecular flexibility index (Phi) is 4.56. The molecule has 0 fully saturated rings. The van der Waals surface area contributed by atoms with Gasteiger partial charge < -0.3 is 5.32 Å². The molecule has 0 unspecified atom stereocenters. The van der Waals surface area contributed by atoms with Crippen molar-refractivity contribution in [1.29, 1.82) is 0 Å². The van der Waals surface area contributed by atoms with Gasteiger partial charge in [-0.2, -0.15) is 13.9 Å². The molecule has 5 nitrogen and oxygen atoms in total. The van der Waals surface area contributed by atoms with Crippen LogP contribution < -0.4 is 5.32 Å². The number of halogens is 2. The number of aryl methyl sites for hydroxylation is 1. The Morgan fingerprint density at radius 2 is 2.00 bits per heavy atom. The van der Waals surface area contributed by atoms with Gasteiger partial charge in [0.05, 0.1) is 10.6 Å². The number of rotatable bonds is 6. The van der Waals surface area contributed by atoms with Crippen molar-refractivity contribution >= 4 is 15.5 Å².